The molecule has 1 aromatic carbocycles. The fraction of sp³-hybridized carbons (Fsp3) is 0.214. The average Bonchev–Trinajstić information content (AvgIpc) is 2.55. The topological polar surface area (TPSA) is 75.6 Å². The van der Waals surface area contributed by atoms with Gasteiger partial charge in [0, 0.05) is 5.69 Å². The number of rotatable bonds is 4. The van der Waals surface area contributed by atoms with Crippen LogP contribution in [0, 0.1) is 11.7 Å². The number of allylic oxidation sites excluding steroid dienone is 2. The number of nitrogens with one attached hydrogen (secondary N) is 1. The Bertz CT molecular complexity index is 956. The van der Waals surface area contributed by atoms with Crippen LogP contribution >= 0.6 is 0 Å². The maximum Gasteiger partial charge on any atom is 0.419 e. The molecule has 27 heavy (non-hydrogen) atoms. The average molecular weight is 430 g/mol. The van der Waals surface area contributed by atoms with Gasteiger partial charge in [-0.1, -0.05) is 3.77 Å². The van der Waals surface area contributed by atoms with Crippen molar-refractivity contribution in [3.8, 4) is 0 Å². The summed E-state index contributed by atoms with van der Waals surface area (Å²) in [5.41, 5.74) is -2.30. The first-order valence-electron chi connectivity index (χ1n) is 6.87. The van der Waals surface area contributed by atoms with E-state index in [9.17, 15) is 39.6 Å². The Morgan fingerprint density at radius 2 is 1.85 bits per heavy atom. The molecule has 5 nitrogen and oxygen atoms in total. The lowest BCUT2D eigenvalue weighted by molar-refractivity contribution is -0.140. The molecular weight excluding hydrogens is 422 g/mol. The van der Waals surface area contributed by atoms with Gasteiger partial charge in [0.25, 0.3) is 10.0 Å². The molecule has 1 aromatic rings. The second-order valence-corrected chi connectivity index (χ2v) is 7.21. The number of hydrogen-bond acceptors (Lipinski definition) is 4. The number of alkyl halides is 4. The van der Waals surface area contributed by atoms with E-state index in [1.54, 1.807) is 5.32 Å². The van der Waals surface area contributed by atoms with Crippen LogP contribution in [-0.2, 0) is 33.4 Å². The molecule has 0 saturated carbocycles. The molecule has 0 saturated heterocycles. The number of amides is 1. The zero-order chi connectivity index (χ0) is 20.6. The molecule has 0 aliphatic heterocycles. The van der Waals surface area contributed by atoms with E-state index in [1.165, 1.54) is 0 Å². The predicted octanol–water partition coefficient (Wildman–Crippen LogP) is 3.55. The second-order valence-electron chi connectivity index (χ2n) is 5.22. The highest BCUT2D eigenvalue weighted by atomic mass is 32.2. The summed E-state index contributed by atoms with van der Waals surface area (Å²) in [6.45, 7) is 0. The number of carbonyl (C=O) groups is 1. The van der Waals surface area contributed by atoms with Crippen molar-refractivity contribution >= 4 is 34.0 Å². The summed E-state index contributed by atoms with van der Waals surface area (Å²) in [6, 6.07) is 1.38. The molecule has 2 rings (SSSR count). The second kappa shape index (κ2) is 7.38. The minimum atomic E-state index is -5.07. The summed E-state index contributed by atoms with van der Waals surface area (Å²) >= 11 is 3.99. The number of halogens is 6. The molecule has 0 bridgehead atoms. The van der Waals surface area contributed by atoms with Crippen LogP contribution in [0.25, 0.3) is 0 Å². The van der Waals surface area contributed by atoms with E-state index in [2.05, 4.69) is 16.2 Å². The van der Waals surface area contributed by atoms with Crippen LogP contribution in [0.2, 0.25) is 0 Å². The minimum absolute atomic E-state index is 0.233. The summed E-state index contributed by atoms with van der Waals surface area (Å²) in [5.74, 6) is -7.12. The van der Waals surface area contributed by atoms with Gasteiger partial charge in [0.05, 0.1) is 18.0 Å². The summed E-state index contributed by atoms with van der Waals surface area (Å²) in [5, 5.41) is 1.80. The van der Waals surface area contributed by atoms with Crippen LogP contribution in [0.1, 0.15) is 5.56 Å². The van der Waals surface area contributed by atoms with Gasteiger partial charge in [-0.05, 0) is 30.4 Å². The lowest BCUT2D eigenvalue weighted by atomic mass is 9.96. The van der Waals surface area contributed by atoms with Gasteiger partial charge in [-0.3, -0.25) is 4.79 Å². The van der Waals surface area contributed by atoms with Crippen molar-refractivity contribution in [1.82, 2.24) is 0 Å². The van der Waals surface area contributed by atoms with Crippen molar-refractivity contribution in [3.63, 3.8) is 0 Å². The van der Waals surface area contributed by atoms with Crippen molar-refractivity contribution < 1.29 is 39.6 Å². The fourth-order valence-electron chi connectivity index (χ4n) is 2.21. The number of benzene rings is 1. The standard InChI is InChI=1S/C14H8F6N2O3S2/c15-8-2-1-6(5-7(8)14(18,19)20)21-13(23)11-9(16)3-4-10(12(11)17)27(24,25)22-26/h1-5,9,11H,(H,21,23). The zero-order valence-electron chi connectivity index (χ0n) is 12.8. The minimum Gasteiger partial charge on any atom is -0.325 e. The molecule has 2 atom stereocenters. The molecule has 0 heterocycles. The Morgan fingerprint density at radius 3 is 2.41 bits per heavy atom. The monoisotopic (exact) mass is 430 g/mol. The van der Waals surface area contributed by atoms with Crippen LogP contribution in [0.15, 0.2) is 44.9 Å². The van der Waals surface area contributed by atoms with Crippen molar-refractivity contribution in [2.45, 2.75) is 12.3 Å². The molecule has 0 radical (unpaired) electrons. The maximum absolute atomic E-state index is 14.3. The van der Waals surface area contributed by atoms with Gasteiger partial charge in [-0.15, -0.1) is 0 Å². The lowest BCUT2D eigenvalue weighted by Crippen LogP contribution is -2.33. The summed E-state index contributed by atoms with van der Waals surface area (Å²) in [7, 11) is -4.65. The first kappa shape index (κ1) is 21.0. The van der Waals surface area contributed by atoms with Gasteiger partial charge in [-0.25, -0.2) is 13.2 Å². The molecule has 1 N–H and O–H groups in total. The molecule has 2 unspecified atom stereocenters. The Morgan fingerprint density at radius 1 is 1.22 bits per heavy atom. The lowest BCUT2D eigenvalue weighted by Gasteiger charge is -2.21. The molecule has 0 spiro atoms. The SMILES string of the molecule is O=C(Nc1ccc(F)c(C(F)(F)F)c1)C1C(F)=C(S(=O)(=O)N=S)C=CC1F. The number of hydrogen-bond donors (Lipinski definition) is 1. The van der Waals surface area contributed by atoms with Crippen molar-refractivity contribution in [2.75, 3.05) is 5.32 Å². The van der Waals surface area contributed by atoms with E-state index in [4.69, 9.17) is 0 Å². The number of anilines is 1. The van der Waals surface area contributed by atoms with Gasteiger partial charge in [-0.2, -0.15) is 21.6 Å². The predicted molar refractivity (Wildman–Crippen MR) is 84.4 cm³/mol. The van der Waals surface area contributed by atoms with Crippen LogP contribution in [0.3, 0.4) is 0 Å². The van der Waals surface area contributed by atoms with E-state index in [0.717, 1.165) is 6.07 Å². The van der Waals surface area contributed by atoms with Crippen molar-refractivity contribution in [1.29, 1.82) is 0 Å². The fourth-order valence-corrected chi connectivity index (χ4v) is 3.16. The first-order valence-corrected chi connectivity index (χ1v) is 8.68. The maximum atomic E-state index is 14.3. The normalized spacial score (nSPS) is 20.5. The van der Waals surface area contributed by atoms with E-state index in [0.29, 0.717) is 18.2 Å². The molecular formula is C14H8F6N2O3S2. The highest BCUT2D eigenvalue weighted by Gasteiger charge is 2.39. The molecule has 1 aliphatic carbocycles. The van der Waals surface area contributed by atoms with Crippen LogP contribution in [-0.4, -0.2) is 20.5 Å². The quantitative estimate of drug-likeness (QED) is 0.742. The van der Waals surface area contributed by atoms with Gasteiger partial charge in [0.15, 0.2) is 0 Å². The zero-order valence-corrected chi connectivity index (χ0v) is 14.4. The molecule has 1 aliphatic rings. The highest BCUT2D eigenvalue weighted by molar-refractivity contribution is 7.96. The van der Waals surface area contributed by atoms with E-state index in [1.807, 2.05) is 0 Å². The summed E-state index contributed by atoms with van der Waals surface area (Å²) < 4.78 is 105. The van der Waals surface area contributed by atoms with Crippen LogP contribution in [0.4, 0.5) is 32.0 Å². The third-order valence-corrected chi connectivity index (χ3v) is 5.13. The molecule has 0 fully saturated rings. The van der Waals surface area contributed by atoms with Gasteiger partial charge in [0.2, 0.25) is 5.91 Å². The van der Waals surface area contributed by atoms with Gasteiger partial charge >= 0.3 is 6.18 Å². The summed E-state index contributed by atoms with van der Waals surface area (Å²) in [4.78, 5) is 11.0. The van der Waals surface area contributed by atoms with E-state index >= 15 is 0 Å². The Hall–Kier alpha value is -2.28. The Labute approximate surface area is 154 Å². The largest absolute Gasteiger partial charge is 0.419 e. The van der Waals surface area contributed by atoms with Gasteiger partial charge < -0.3 is 5.32 Å². The number of carbonyl (C=O) groups excluding carboxylic acids is 1. The highest BCUT2D eigenvalue weighted by Crippen LogP contribution is 2.35. The van der Waals surface area contributed by atoms with E-state index in [-0.39, 0.29) is 6.07 Å². The molecule has 13 heteroatoms. The summed E-state index contributed by atoms with van der Waals surface area (Å²) in [6.07, 6.45) is -6.28. The first-order chi connectivity index (χ1) is 12.4. The van der Waals surface area contributed by atoms with Crippen LogP contribution in [0.5, 0.6) is 0 Å². The third kappa shape index (κ3) is 4.35. The number of nitrogens with zero attached hydrogens (tertiary/aromatic N) is 1. The molecule has 0 aromatic heterocycles. The van der Waals surface area contributed by atoms with Gasteiger partial charge in [0.1, 0.15) is 28.6 Å². The Kier molecular flexibility index (Phi) is 5.75. The van der Waals surface area contributed by atoms with Crippen molar-refractivity contribution in [2.24, 2.45) is 9.69 Å². The van der Waals surface area contributed by atoms with Crippen molar-refractivity contribution in [3.05, 3.63) is 52.5 Å². The third-order valence-electron chi connectivity index (χ3n) is 3.46. The Balaban J connectivity index is 2.38. The van der Waals surface area contributed by atoms with E-state index < -0.39 is 62.0 Å². The smallest absolute Gasteiger partial charge is 0.325 e. The molecule has 1 amide bonds. The number of sulfonamides is 1. The molecule has 146 valence electrons. The van der Waals surface area contributed by atoms with Crippen LogP contribution < -0.4 is 5.32 Å².